The highest BCUT2D eigenvalue weighted by Crippen LogP contribution is 2.35. The van der Waals surface area contributed by atoms with Gasteiger partial charge in [0.25, 0.3) is 0 Å². The van der Waals surface area contributed by atoms with Crippen molar-refractivity contribution in [3.05, 3.63) is 0 Å². The molecule has 0 unspecified atom stereocenters. The first-order chi connectivity index (χ1) is 7.49. The quantitative estimate of drug-likeness (QED) is 0.399. The van der Waals surface area contributed by atoms with E-state index in [9.17, 15) is 4.57 Å². The number of phosphoric ester groups is 1. The number of rotatable bonds is 10. The fraction of sp³-hybridized carbons (Fsp3) is 1.00. The lowest BCUT2D eigenvalue weighted by Crippen LogP contribution is -2.24. The molecule has 16 heavy (non-hydrogen) atoms. The Labute approximate surface area is 95.8 Å². The molecule has 6 nitrogen and oxygen atoms in total. The predicted molar refractivity (Wildman–Crippen MR) is 59.0 cm³/mol. The van der Waals surface area contributed by atoms with Crippen molar-refractivity contribution in [2.24, 2.45) is 0 Å². The minimum atomic E-state index is -4.47. The zero-order chi connectivity index (χ0) is 12.4. The molecule has 98 valence electrons. The minimum Gasteiger partial charge on any atom is -0.394 e. The molecule has 3 N–H and O–H groups in total. The number of ether oxygens (including phenoxy) is 1. The molecule has 0 rings (SSSR count). The average molecular weight is 256 g/mol. The van der Waals surface area contributed by atoms with Crippen molar-refractivity contribution in [2.75, 3.05) is 19.8 Å². The SMILES string of the molecule is CCCCCCO[C@H](CO)COP(=O)(O)O. The molecule has 0 aliphatic rings. The summed E-state index contributed by atoms with van der Waals surface area (Å²) in [5, 5.41) is 8.87. The number of aliphatic hydroxyl groups is 1. The first kappa shape index (κ1) is 16.0. The zero-order valence-electron chi connectivity index (χ0n) is 9.54. The van der Waals surface area contributed by atoms with Crippen molar-refractivity contribution in [2.45, 2.75) is 38.7 Å². The Morgan fingerprint density at radius 3 is 2.44 bits per heavy atom. The third kappa shape index (κ3) is 10.5. The topological polar surface area (TPSA) is 96.2 Å². The van der Waals surface area contributed by atoms with E-state index >= 15 is 0 Å². The van der Waals surface area contributed by atoms with Crippen LogP contribution in [-0.2, 0) is 13.8 Å². The largest absolute Gasteiger partial charge is 0.469 e. The molecule has 0 bridgehead atoms. The van der Waals surface area contributed by atoms with Crippen LogP contribution in [-0.4, -0.2) is 40.8 Å². The van der Waals surface area contributed by atoms with Gasteiger partial charge < -0.3 is 19.6 Å². The van der Waals surface area contributed by atoms with E-state index in [-0.39, 0.29) is 13.2 Å². The normalized spacial score (nSPS) is 14.0. The molecule has 1 atom stereocenters. The predicted octanol–water partition coefficient (Wildman–Crippen LogP) is 1.05. The molecule has 0 fully saturated rings. The van der Waals surface area contributed by atoms with E-state index in [0.29, 0.717) is 6.61 Å². The Bertz CT molecular complexity index is 204. The van der Waals surface area contributed by atoms with E-state index in [4.69, 9.17) is 19.6 Å². The third-order valence-corrected chi connectivity index (χ3v) is 2.47. The van der Waals surface area contributed by atoms with Gasteiger partial charge in [-0.3, -0.25) is 4.52 Å². The molecular weight excluding hydrogens is 235 g/mol. The number of hydrogen-bond acceptors (Lipinski definition) is 4. The molecule has 0 aromatic heterocycles. The average Bonchev–Trinajstić information content (AvgIpc) is 2.21. The van der Waals surface area contributed by atoms with Gasteiger partial charge in [-0.1, -0.05) is 26.2 Å². The number of aliphatic hydroxyl groups excluding tert-OH is 1. The van der Waals surface area contributed by atoms with Gasteiger partial charge in [0.15, 0.2) is 0 Å². The molecule has 0 aromatic carbocycles. The number of phosphoric acid groups is 1. The zero-order valence-corrected chi connectivity index (χ0v) is 10.4. The summed E-state index contributed by atoms with van der Waals surface area (Å²) in [5.74, 6) is 0. The molecule has 0 amide bonds. The van der Waals surface area contributed by atoms with Crippen molar-refractivity contribution in [1.29, 1.82) is 0 Å². The smallest absolute Gasteiger partial charge is 0.394 e. The third-order valence-electron chi connectivity index (χ3n) is 1.98. The van der Waals surface area contributed by atoms with Crippen LogP contribution in [0, 0.1) is 0 Å². The van der Waals surface area contributed by atoms with Gasteiger partial charge >= 0.3 is 7.82 Å². The number of unbranched alkanes of at least 4 members (excludes halogenated alkanes) is 3. The number of hydrogen-bond donors (Lipinski definition) is 3. The van der Waals surface area contributed by atoms with Crippen LogP contribution >= 0.6 is 7.82 Å². The van der Waals surface area contributed by atoms with E-state index in [2.05, 4.69) is 11.4 Å². The van der Waals surface area contributed by atoms with Gasteiger partial charge in [-0.05, 0) is 6.42 Å². The molecule has 0 heterocycles. The second kappa shape index (κ2) is 9.10. The van der Waals surface area contributed by atoms with E-state index < -0.39 is 13.9 Å². The summed E-state index contributed by atoms with van der Waals surface area (Å²) in [7, 11) is -4.47. The summed E-state index contributed by atoms with van der Waals surface area (Å²) >= 11 is 0. The van der Waals surface area contributed by atoms with Crippen LogP contribution in [0.2, 0.25) is 0 Å². The van der Waals surface area contributed by atoms with E-state index in [1.165, 1.54) is 0 Å². The van der Waals surface area contributed by atoms with Gasteiger partial charge in [0, 0.05) is 6.61 Å². The maximum atomic E-state index is 10.4. The van der Waals surface area contributed by atoms with Gasteiger partial charge in [-0.15, -0.1) is 0 Å². The molecule has 0 aliphatic carbocycles. The standard InChI is InChI=1S/C9H21O6P/c1-2-3-4-5-6-14-9(7-10)8-15-16(11,12)13/h9-10H,2-8H2,1H3,(H2,11,12,13)/t9-/m1/s1. The highest BCUT2D eigenvalue weighted by atomic mass is 31.2. The molecule has 0 saturated heterocycles. The van der Waals surface area contributed by atoms with Gasteiger partial charge in [0.1, 0.15) is 6.10 Å². The molecule has 0 saturated carbocycles. The summed E-state index contributed by atoms with van der Waals surface area (Å²) in [6.45, 7) is 1.96. The molecule has 7 heteroatoms. The Balaban J connectivity index is 3.55. The summed E-state index contributed by atoms with van der Waals surface area (Å²) in [5.41, 5.74) is 0. The van der Waals surface area contributed by atoms with Gasteiger partial charge in [0.2, 0.25) is 0 Å². The van der Waals surface area contributed by atoms with Crippen molar-refractivity contribution < 1.29 is 28.7 Å². The first-order valence-electron chi connectivity index (χ1n) is 5.42. The monoisotopic (exact) mass is 256 g/mol. The minimum absolute atomic E-state index is 0.297. The highest BCUT2D eigenvalue weighted by Gasteiger charge is 2.17. The molecule has 0 aromatic rings. The summed E-state index contributed by atoms with van der Waals surface area (Å²) in [6, 6.07) is 0. The van der Waals surface area contributed by atoms with Crippen molar-refractivity contribution in [3.63, 3.8) is 0 Å². The Hall–Kier alpha value is 0.0300. The van der Waals surface area contributed by atoms with Crippen LogP contribution in [0.1, 0.15) is 32.6 Å². The molecular formula is C9H21O6P. The first-order valence-corrected chi connectivity index (χ1v) is 6.95. The van der Waals surface area contributed by atoms with Crippen molar-refractivity contribution >= 4 is 7.82 Å². The van der Waals surface area contributed by atoms with Gasteiger partial charge in [0.05, 0.1) is 13.2 Å². The fourth-order valence-electron chi connectivity index (χ4n) is 1.11. The van der Waals surface area contributed by atoms with Gasteiger partial charge in [-0.2, -0.15) is 0 Å². The molecule has 0 spiro atoms. The summed E-state index contributed by atoms with van der Waals surface area (Å²) in [6.07, 6.45) is 3.51. The lowest BCUT2D eigenvalue weighted by atomic mass is 10.2. The second-order valence-electron chi connectivity index (χ2n) is 3.52. The van der Waals surface area contributed by atoms with E-state index in [1.807, 2.05) is 0 Å². The van der Waals surface area contributed by atoms with E-state index in [1.54, 1.807) is 0 Å². The van der Waals surface area contributed by atoms with E-state index in [0.717, 1.165) is 25.7 Å². The highest BCUT2D eigenvalue weighted by molar-refractivity contribution is 7.46. The second-order valence-corrected chi connectivity index (χ2v) is 4.76. The van der Waals surface area contributed by atoms with Gasteiger partial charge in [-0.25, -0.2) is 4.57 Å². The van der Waals surface area contributed by atoms with Crippen LogP contribution in [0.4, 0.5) is 0 Å². The Morgan fingerprint density at radius 2 is 1.94 bits per heavy atom. The maximum absolute atomic E-state index is 10.4. The van der Waals surface area contributed by atoms with Crippen LogP contribution in [0.25, 0.3) is 0 Å². The van der Waals surface area contributed by atoms with Crippen LogP contribution in [0.5, 0.6) is 0 Å². The lowest BCUT2D eigenvalue weighted by Gasteiger charge is -2.15. The van der Waals surface area contributed by atoms with Crippen molar-refractivity contribution in [3.8, 4) is 0 Å². The maximum Gasteiger partial charge on any atom is 0.469 e. The lowest BCUT2D eigenvalue weighted by molar-refractivity contribution is -0.0204. The van der Waals surface area contributed by atoms with Crippen molar-refractivity contribution in [1.82, 2.24) is 0 Å². The fourth-order valence-corrected chi connectivity index (χ4v) is 1.47. The summed E-state index contributed by atoms with van der Waals surface area (Å²) < 4.78 is 19.9. The van der Waals surface area contributed by atoms with Crippen LogP contribution in [0.15, 0.2) is 0 Å². The van der Waals surface area contributed by atoms with Crippen LogP contribution < -0.4 is 0 Å². The molecule has 0 radical (unpaired) electrons. The Kier molecular flexibility index (Phi) is 9.12. The van der Waals surface area contributed by atoms with Crippen LogP contribution in [0.3, 0.4) is 0 Å². The summed E-state index contributed by atoms with van der Waals surface area (Å²) in [4.78, 5) is 16.9. The Morgan fingerprint density at radius 1 is 1.25 bits per heavy atom. The molecule has 0 aliphatic heterocycles.